The van der Waals surface area contributed by atoms with Gasteiger partial charge in [0.15, 0.2) is 0 Å². The SMILES string of the molecule is CC(C)(C)c1ccccc1OCCNC(=O)C1CSCN1. The van der Waals surface area contributed by atoms with Crippen molar-refractivity contribution < 1.29 is 9.53 Å². The summed E-state index contributed by atoms with van der Waals surface area (Å²) in [7, 11) is 0. The first-order valence-electron chi connectivity index (χ1n) is 7.29. The fraction of sp³-hybridized carbons (Fsp3) is 0.562. The molecular formula is C16H24N2O2S. The second-order valence-electron chi connectivity index (χ2n) is 6.16. The Balaban J connectivity index is 1.80. The van der Waals surface area contributed by atoms with E-state index in [4.69, 9.17) is 4.74 Å². The molecular weight excluding hydrogens is 284 g/mol. The van der Waals surface area contributed by atoms with Gasteiger partial charge in [-0.3, -0.25) is 10.1 Å². The molecule has 1 aromatic rings. The maximum Gasteiger partial charge on any atom is 0.238 e. The van der Waals surface area contributed by atoms with Crippen molar-refractivity contribution in [2.45, 2.75) is 32.2 Å². The summed E-state index contributed by atoms with van der Waals surface area (Å²) in [5, 5.41) is 6.07. The predicted molar refractivity (Wildman–Crippen MR) is 87.9 cm³/mol. The van der Waals surface area contributed by atoms with Gasteiger partial charge in [0.25, 0.3) is 0 Å². The molecule has 1 atom stereocenters. The van der Waals surface area contributed by atoms with Gasteiger partial charge in [0.2, 0.25) is 5.91 Å². The molecule has 1 fully saturated rings. The summed E-state index contributed by atoms with van der Waals surface area (Å²) in [4.78, 5) is 11.8. The molecule has 1 unspecified atom stereocenters. The van der Waals surface area contributed by atoms with Crippen LogP contribution in [0.5, 0.6) is 5.75 Å². The molecule has 1 amide bonds. The third kappa shape index (κ3) is 4.64. The number of amides is 1. The molecule has 2 rings (SSSR count). The Labute approximate surface area is 131 Å². The number of para-hydroxylation sites is 1. The Hall–Kier alpha value is -1.20. The maximum absolute atomic E-state index is 11.8. The third-order valence-electron chi connectivity index (χ3n) is 3.39. The van der Waals surface area contributed by atoms with Gasteiger partial charge in [0.1, 0.15) is 12.4 Å². The highest BCUT2D eigenvalue weighted by atomic mass is 32.2. The first-order chi connectivity index (χ1) is 9.98. The minimum atomic E-state index is -0.0585. The van der Waals surface area contributed by atoms with Crippen molar-refractivity contribution in [3.63, 3.8) is 0 Å². The van der Waals surface area contributed by atoms with Crippen molar-refractivity contribution in [3.8, 4) is 5.75 Å². The molecule has 0 aliphatic carbocycles. The van der Waals surface area contributed by atoms with E-state index >= 15 is 0 Å². The number of hydrogen-bond donors (Lipinski definition) is 2. The molecule has 0 spiro atoms. The van der Waals surface area contributed by atoms with E-state index in [1.807, 2.05) is 18.2 Å². The van der Waals surface area contributed by atoms with Crippen molar-refractivity contribution >= 4 is 17.7 Å². The van der Waals surface area contributed by atoms with Crippen molar-refractivity contribution in [2.75, 3.05) is 24.8 Å². The highest BCUT2D eigenvalue weighted by Crippen LogP contribution is 2.30. The highest BCUT2D eigenvalue weighted by molar-refractivity contribution is 7.99. The van der Waals surface area contributed by atoms with E-state index in [2.05, 4.69) is 37.5 Å². The molecule has 1 heterocycles. The molecule has 1 aliphatic heterocycles. The summed E-state index contributed by atoms with van der Waals surface area (Å²) in [6, 6.07) is 8.02. The topological polar surface area (TPSA) is 50.4 Å². The number of benzene rings is 1. The summed E-state index contributed by atoms with van der Waals surface area (Å²) in [5.41, 5.74) is 1.23. The van der Waals surface area contributed by atoms with E-state index in [1.54, 1.807) is 11.8 Å². The van der Waals surface area contributed by atoms with Crippen molar-refractivity contribution in [2.24, 2.45) is 0 Å². The zero-order valence-corrected chi connectivity index (χ0v) is 13.8. The van der Waals surface area contributed by atoms with Crippen LogP contribution >= 0.6 is 11.8 Å². The molecule has 0 bridgehead atoms. The molecule has 1 aromatic carbocycles. The first-order valence-corrected chi connectivity index (χ1v) is 8.45. The summed E-state index contributed by atoms with van der Waals surface area (Å²) in [6.45, 7) is 7.51. The quantitative estimate of drug-likeness (QED) is 0.818. The molecule has 0 aromatic heterocycles. The summed E-state index contributed by atoms with van der Waals surface area (Å²) < 4.78 is 5.84. The van der Waals surface area contributed by atoms with Crippen LogP contribution in [0.4, 0.5) is 0 Å². The van der Waals surface area contributed by atoms with Gasteiger partial charge in [0, 0.05) is 11.6 Å². The maximum atomic E-state index is 11.8. The number of thioether (sulfide) groups is 1. The Morgan fingerprint density at radius 1 is 1.43 bits per heavy atom. The van der Waals surface area contributed by atoms with Crippen LogP contribution in [-0.4, -0.2) is 36.7 Å². The highest BCUT2D eigenvalue weighted by Gasteiger charge is 2.22. The van der Waals surface area contributed by atoms with Crippen molar-refractivity contribution in [1.82, 2.24) is 10.6 Å². The van der Waals surface area contributed by atoms with Crippen LogP contribution in [0.15, 0.2) is 24.3 Å². The zero-order valence-electron chi connectivity index (χ0n) is 12.9. The smallest absolute Gasteiger partial charge is 0.238 e. The molecule has 0 radical (unpaired) electrons. The Morgan fingerprint density at radius 2 is 2.19 bits per heavy atom. The predicted octanol–water partition coefficient (Wildman–Crippen LogP) is 2.14. The van der Waals surface area contributed by atoms with Gasteiger partial charge in [0.05, 0.1) is 12.6 Å². The Kier molecular flexibility index (Phi) is 5.53. The van der Waals surface area contributed by atoms with Crippen molar-refractivity contribution in [3.05, 3.63) is 29.8 Å². The van der Waals surface area contributed by atoms with Crippen LogP contribution in [0, 0.1) is 0 Å². The van der Waals surface area contributed by atoms with Crippen LogP contribution in [0.25, 0.3) is 0 Å². The summed E-state index contributed by atoms with van der Waals surface area (Å²) in [5.74, 6) is 2.66. The molecule has 1 saturated heterocycles. The van der Waals surface area contributed by atoms with Gasteiger partial charge in [-0.15, -0.1) is 11.8 Å². The minimum Gasteiger partial charge on any atom is -0.491 e. The van der Waals surface area contributed by atoms with E-state index in [-0.39, 0.29) is 17.4 Å². The average molecular weight is 308 g/mol. The average Bonchev–Trinajstić information content (AvgIpc) is 2.97. The zero-order chi connectivity index (χ0) is 15.3. The molecule has 0 saturated carbocycles. The van der Waals surface area contributed by atoms with E-state index in [0.717, 1.165) is 17.4 Å². The standard InChI is InChI=1S/C16H24N2O2S/c1-16(2,3)12-6-4-5-7-14(12)20-9-8-17-15(19)13-10-21-11-18-13/h4-7,13,18H,8-11H2,1-3H3,(H,17,19). The van der Waals surface area contributed by atoms with E-state index in [0.29, 0.717) is 13.2 Å². The lowest BCUT2D eigenvalue weighted by molar-refractivity contribution is -0.122. The third-order valence-corrected chi connectivity index (χ3v) is 4.33. The fourth-order valence-electron chi connectivity index (χ4n) is 2.23. The molecule has 4 nitrogen and oxygen atoms in total. The number of hydrogen-bond acceptors (Lipinski definition) is 4. The van der Waals surface area contributed by atoms with Gasteiger partial charge >= 0.3 is 0 Å². The number of carbonyl (C=O) groups excluding carboxylic acids is 1. The lowest BCUT2D eigenvalue weighted by atomic mass is 9.86. The number of carbonyl (C=O) groups is 1. The normalized spacial score (nSPS) is 18.5. The lowest BCUT2D eigenvalue weighted by Crippen LogP contribution is -2.43. The van der Waals surface area contributed by atoms with Crippen LogP contribution in [0.2, 0.25) is 0 Å². The van der Waals surface area contributed by atoms with Gasteiger partial charge in [-0.05, 0) is 17.0 Å². The van der Waals surface area contributed by atoms with Crippen LogP contribution in [0.1, 0.15) is 26.3 Å². The van der Waals surface area contributed by atoms with E-state index < -0.39 is 0 Å². The second-order valence-corrected chi connectivity index (χ2v) is 7.19. The lowest BCUT2D eigenvalue weighted by Gasteiger charge is -2.22. The van der Waals surface area contributed by atoms with Crippen LogP contribution in [-0.2, 0) is 10.2 Å². The summed E-state index contributed by atoms with van der Waals surface area (Å²) >= 11 is 1.75. The fourth-order valence-corrected chi connectivity index (χ4v) is 3.18. The van der Waals surface area contributed by atoms with Gasteiger partial charge in [-0.1, -0.05) is 39.0 Å². The van der Waals surface area contributed by atoms with Gasteiger partial charge in [-0.25, -0.2) is 0 Å². The Bertz CT molecular complexity index is 479. The molecule has 116 valence electrons. The van der Waals surface area contributed by atoms with Crippen molar-refractivity contribution in [1.29, 1.82) is 0 Å². The minimum absolute atomic E-state index is 0.0465. The number of rotatable bonds is 5. The molecule has 1 aliphatic rings. The molecule has 5 heteroatoms. The van der Waals surface area contributed by atoms with Crippen LogP contribution in [0.3, 0.4) is 0 Å². The van der Waals surface area contributed by atoms with Gasteiger partial charge in [-0.2, -0.15) is 0 Å². The summed E-state index contributed by atoms with van der Waals surface area (Å²) in [6.07, 6.45) is 0. The number of ether oxygens (including phenoxy) is 1. The second kappa shape index (κ2) is 7.18. The molecule has 2 N–H and O–H groups in total. The van der Waals surface area contributed by atoms with E-state index in [9.17, 15) is 4.79 Å². The largest absolute Gasteiger partial charge is 0.491 e. The van der Waals surface area contributed by atoms with Crippen LogP contribution < -0.4 is 15.4 Å². The monoisotopic (exact) mass is 308 g/mol. The first kappa shape index (κ1) is 16.2. The molecule has 21 heavy (non-hydrogen) atoms. The number of nitrogens with one attached hydrogen (secondary N) is 2. The Morgan fingerprint density at radius 3 is 2.86 bits per heavy atom. The van der Waals surface area contributed by atoms with E-state index in [1.165, 1.54) is 5.56 Å². The van der Waals surface area contributed by atoms with Gasteiger partial charge < -0.3 is 10.1 Å².